The summed E-state index contributed by atoms with van der Waals surface area (Å²) in [7, 11) is 1.93. The van der Waals surface area contributed by atoms with Crippen LogP contribution in [0.5, 0.6) is 0 Å². The van der Waals surface area contributed by atoms with Gasteiger partial charge in [-0.1, -0.05) is 6.92 Å². The van der Waals surface area contributed by atoms with Gasteiger partial charge in [0.25, 0.3) is 0 Å². The largest absolute Gasteiger partial charge is 0.296 e. The van der Waals surface area contributed by atoms with E-state index in [1.54, 1.807) is 0 Å². The van der Waals surface area contributed by atoms with Crippen LogP contribution in [0.3, 0.4) is 0 Å². The molecular formula is C10H18N2. The van der Waals surface area contributed by atoms with Gasteiger partial charge in [0.15, 0.2) is 0 Å². The van der Waals surface area contributed by atoms with Gasteiger partial charge in [0, 0.05) is 31.3 Å². The molecule has 0 aromatic rings. The molecule has 0 saturated carbocycles. The van der Waals surface area contributed by atoms with Crippen molar-refractivity contribution in [2.75, 3.05) is 20.1 Å². The van der Waals surface area contributed by atoms with Gasteiger partial charge in [-0.25, -0.2) is 0 Å². The summed E-state index contributed by atoms with van der Waals surface area (Å²) in [5, 5.41) is 0. The highest BCUT2D eigenvalue weighted by molar-refractivity contribution is 5.89. The van der Waals surface area contributed by atoms with Crippen molar-refractivity contribution in [1.82, 2.24) is 4.90 Å². The number of fused-ring (bicyclic) bond motifs is 1. The standard InChI is InChI=1S/C10H18N2/c1-3-10-5-4-6-12(10)8-9(7-10)11-2/h3-8H2,1-2H3/t10-/m0/s1. The second-order valence-corrected chi connectivity index (χ2v) is 4.07. The Bertz CT molecular complexity index is 210. The van der Waals surface area contributed by atoms with Gasteiger partial charge in [-0.15, -0.1) is 0 Å². The fraction of sp³-hybridized carbons (Fsp3) is 0.900. The van der Waals surface area contributed by atoms with Gasteiger partial charge < -0.3 is 0 Å². The lowest BCUT2D eigenvalue weighted by atomic mass is 9.91. The zero-order chi connectivity index (χ0) is 8.60. The van der Waals surface area contributed by atoms with Gasteiger partial charge in [0.05, 0.1) is 0 Å². The average molecular weight is 166 g/mol. The Morgan fingerprint density at radius 2 is 2.42 bits per heavy atom. The number of rotatable bonds is 1. The Morgan fingerprint density at radius 3 is 3.00 bits per heavy atom. The fourth-order valence-corrected chi connectivity index (χ4v) is 2.77. The molecule has 2 rings (SSSR count). The van der Waals surface area contributed by atoms with E-state index in [-0.39, 0.29) is 0 Å². The van der Waals surface area contributed by atoms with Crippen LogP contribution < -0.4 is 0 Å². The van der Waals surface area contributed by atoms with Crippen LogP contribution >= 0.6 is 0 Å². The zero-order valence-electron chi connectivity index (χ0n) is 8.14. The summed E-state index contributed by atoms with van der Waals surface area (Å²) in [6.45, 7) is 4.76. The van der Waals surface area contributed by atoms with E-state index in [1.165, 1.54) is 37.9 Å². The molecule has 2 nitrogen and oxygen atoms in total. The summed E-state index contributed by atoms with van der Waals surface area (Å²) < 4.78 is 0. The van der Waals surface area contributed by atoms with Crippen LogP contribution in [0, 0.1) is 0 Å². The predicted molar refractivity (Wildman–Crippen MR) is 51.8 cm³/mol. The maximum atomic E-state index is 4.34. The van der Waals surface area contributed by atoms with Gasteiger partial charge in [0.2, 0.25) is 0 Å². The molecule has 68 valence electrons. The molecule has 0 aliphatic carbocycles. The molecule has 0 radical (unpaired) electrons. The third-order valence-corrected chi connectivity index (χ3v) is 3.62. The van der Waals surface area contributed by atoms with Crippen LogP contribution in [-0.4, -0.2) is 36.3 Å². The van der Waals surface area contributed by atoms with Crippen molar-refractivity contribution in [3.8, 4) is 0 Å². The first-order valence-corrected chi connectivity index (χ1v) is 5.00. The maximum absolute atomic E-state index is 4.34. The zero-order valence-corrected chi connectivity index (χ0v) is 8.14. The third kappa shape index (κ3) is 1.01. The quantitative estimate of drug-likeness (QED) is 0.579. The minimum atomic E-state index is 0.523. The van der Waals surface area contributed by atoms with Crippen LogP contribution in [0.1, 0.15) is 32.6 Å². The summed E-state index contributed by atoms with van der Waals surface area (Å²) in [5.74, 6) is 0. The molecule has 0 spiro atoms. The van der Waals surface area contributed by atoms with Crippen LogP contribution in [0.15, 0.2) is 4.99 Å². The van der Waals surface area contributed by atoms with Gasteiger partial charge >= 0.3 is 0 Å². The van der Waals surface area contributed by atoms with E-state index in [0.717, 1.165) is 6.54 Å². The van der Waals surface area contributed by atoms with Crippen molar-refractivity contribution in [2.24, 2.45) is 4.99 Å². The Morgan fingerprint density at radius 1 is 1.58 bits per heavy atom. The number of nitrogens with zero attached hydrogens (tertiary/aromatic N) is 2. The van der Waals surface area contributed by atoms with Crippen molar-refractivity contribution in [3.05, 3.63) is 0 Å². The van der Waals surface area contributed by atoms with Crippen molar-refractivity contribution in [3.63, 3.8) is 0 Å². The normalized spacial score (nSPS) is 39.3. The van der Waals surface area contributed by atoms with E-state index in [2.05, 4.69) is 16.8 Å². The highest BCUT2D eigenvalue weighted by Crippen LogP contribution is 2.39. The lowest BCUT2D eigenvalue weighted by Crippen LogP contribution is -2.37. The van der Waals surface area contributed by atoms with Crippen LogP contribution in [0.2, 0.25) is 0 Å². The summed E-state index contributed by atoms with van der Waals surface area (Å²) >= 11 is 0. The Hall–Kier alpha value is -0.370. The van der Waals surface area contributed by atoms with Crippen molar-refractivity contribution in [2.45, 2.75) is 38.1 Å². The smallest absolute Gasteiger partial charge is 0.0369 e. The first-order valence-electron chi connectivity index (χ1n) is 5.00. The molecule has 2 saturated heterocycles. The molecule has 0 bridgehead atoms. The molecule has 0 amide bonds. The summed E-state index contributed by atoms with van der Waals surface area (Å²) in [5.41, 5.74) is 1.94. The number of aliphatic imine (C=N–C) groups is 1. The molecule has 2 heterocycles. The van der Waals surface area contributed by atoms with Gasteiger partial charge in [-0.3, -0.25) is 9.89 Å². The molecule has 1 atom stereocenters. The van der Waals surface area contributed by atoms with Crippen LogP contribution in [-0.2, 0) is 0 Å². The first kappa shape index (κ1) is 8.24. The van der Waals surface area contributed by atoms with E-state index in [4.69, 9.17) is 0 Å². The van der Waals surface area contributed by atoms with Crippen molar-refractivity contribution in [1.29, 1.82) is 0 Å². The van der Waals surface area contributed by atoms with Gasteiger partial charge in [-0.2, -0.15) is 0 Å². The molecule has 2 fully saturated rings. The topological polar surface area (TPSA) is 15.6 Å². The molecule has 12 heavy (non-hydrogen) atoms. The second kappa shape index (κ2) is 2.84. The van der Waals surface area contributed by atoms with Crippen molar-refractivity contribution < 1.29 is 0 Å². The minimum Gasteiger partial charge on any atom is -0.296 e. The number of hydrogen-bond donors (Lipinski definition) is 0. The summed E-state index contributed by atoms with van der Waals surface area (Å²) in [6.07, 6.45) is 5.32. The van der Waals surface area contributed by atoms with Gasteiger partial charge in [0.1, 0.15) is 0 Å². The summed E-state index contributed by atoms with van der Waals surface area (Å²) in [4.78, 5) is 6.97. The third-order valence-electron chi connectivity index (χ3n) is 3.62. The lowest BCUT2D eigenvalue weighted by Gasteiger charge is -2.29. The fourth-order valence-electron chi connectivity index (χ4n) is 2.77. The highest BCUT2D eigenvalue weighted by atomic mass is 15.2. The Labute approximate surface area is 74.7 Å². The molecule has 0 unspecified atom stereocenters. The first-order chi connectivity index (χ1) is 5.80. The molecular weight excluding hydrogens is 148 g/mol. The van der Waals surface area contributed by atoms with E-state index in [9.17, 15) is 0 Å². The average Bonchev–Trinajstić information content (AvgIpc) is 2.58. The van der Waals surface area contributed by atoms with E-state index >= 15 is 0 Å². The van der Waals surface area contributed by atoms with E-state index in [1.807, 2.05) is 7.05 Å². The lowest BCUT2D eigenvalue weighted by molar-refractivity contribution is 0.189. The minimum absolute atomic E-state index is 0.523. The van der Waals surface area contributed by atoms with Gasteiger partial charge in [-0.05, 0) is 25.8 Å². The Kier molecular flexibility index (Phi) is 1.95. The van der Waals surface area contributed by atoms with Crippen molar-refractivity contribution >= 4 is 5.71 Å². The molecule has 0 aromatic carbocycles. The monoisotopic (exact) mass is 166 g/mol. The highest BCUT2D eigenvalue weighted by Gasteiger charge is 2.45. The molecule has 2 aliphatic rings. The predicted octanol–water partition coefficient (Wildman–Crippen LogP) is 1.71. The maximum Gasteiger partial charge on any atom is 0.0369 e. The molecule has 2 aliphatic heterocycles. The Balaban J connectivity index is 2.20. The van der Waals surface area contributed by atoms with Crippen LogP contribution in [0.25, 0.3) is 0 Å². The van der Waals surface area contributed by atoms with E-state index < -0.39 is 0 Å². The van der Waals surface area contributed by atoms with Crippen LogP contribution in [0.4, 0.5) is 0 Å². The molecule has 0 N–H and O–H groups in total. The number of hydrogen-bond acceptors (Lipinski definition) is 2. The second-order valence-electron chi connectivity index (χ2n) is 4.07. The molecule has 0 aromatic heterocycles. The molecule has 2 heteroatoms. The summed E-state index contributed by atoms with van der Waals surface area (Å²) in [6, 6.07) is 0. The SMILES string of the molecule is CC[C@@]12CCCN1CC(=NC)C2. The van der Waals surface area contributed by atoms with E-state index in [0.29, 0.717) is 5.54 Å².